The monoisotopic (exact) mass is 343 g/mol. The van der Waals surface area contributed by atoms with Crippen LogP contribution in [0.1, 0.15) is 78.1 Å². The summed E-state index contributed by atoms with van der Waals surface area (Å²) in [5.74, 6) is 0.726. The minimum atomic E-state index is 0.288. The van der Waals surface area contributed by atoms with Gasteiger partial charge in [0.1, 0.15) is 0 Å². The van der Waals surface area contributed by atoms with Crippen molar-refractivity contribution in [3.8, 4) is 11.1 Å². The summed E-state index contributed by atoms with van der Waals surface area (Å²) in [7, 11) is 0. The van der Waals surface area contributed by atoms with E-state index in [4.69, 9.17) is 0 Å². The second-order valence-electron chi connectivity index (χ2n) is 7.29. The standard InChI is InChI=1S/C24H25NO/c1-4-6-17-18-8-7-16(15(3)25-13-5-2)14-22(18)24-20(17)10-9-19-21(24)11-12-23(19)26/h7-10,13-14,17H,3-6,11-12H2,1-2H3. The van der Waals surface area contributed by atoms with Crippen molar-refractivity contribution in [1.29, 1.82) is 0 Å². The van der Waals surface area contributed by atoms with E-state index in [0.29, 0.717) is 12.3 Å². The van der Waals surface area contributed by atoms with E-state index in [1.165, 1.54) is 27.8 Å². The third-order valence-corrected chi connectivity index (χ3v) is 5.66. The number of hydrogen-bond acceptors (Lipinski definition) is 2. The van der Waals surface area contributed by atoms with Crippen LogP contribution in [0.25, 0.3) is 16.8 Å². The fourth-order valence-electron chi connectivity index (χ4n) is 4.47. The van der Waals surface area contributed by atoms with Gasteiger partial charge in [0.2, 0.25) is 0 Å². The smallest absolute Gasteiger partial charge is 0.163 e. The van der Waals surface area contributed by atoms with Crippen LogP contribution in [0.2, 0.25) is 0 Å². The molecule has 4 rings (SSSR count). The lowest BCUT2D eigenvalue weighted by molar-refractivity contribution is 0.0994. The highest BCUT2D eigenvalue weighted by Gasteiger charge is 2.34. The summed E-state index contributed by atoms with van der Waals surface area (Å²) >= 11 is 0. The zero-order valence-corrected chi connectivity index (χ0v) is 15.6. The predicted molar refractivity (Wildman–Crippen MR) is 109 cm³/mol. The topological polar surface area (TPSA) is 29.4 Å². The number of Topliss-reactive ketones (excluding diaryl/α,β-unsaturated/α-hetero) is 1. The molecule has 0 N–H and O–H groups in total. The van der Waals surface area contributed by atoms with Gasteiger partial charge in [-0.3, -0.25) is 9.79 Å². The minimum absolute atomic E-state index is 0.288. The Labute approximate surface area is 155 Å². The van der Waals surface area contributed by atoms with E-state index in [9.17, 15) is 4.79 Å². The summed E-state index contributed by atoms with van der Waals surface area (Å²) in [6.45, 7) is 8.45. The Hall–Kier alpha value is -2.48. The highest BCUT2D eigenvalue weighted by molar-refractivity contribution is 6.03. The van der Waals surface area contributed by atoms with Gasteiger partial charge in [0.05, 0.1) is 5.70 Å². The van der Waals surface area contributed by atoms with E-state index in [1.807, 2.05) is 6.21 Å². The van der Waals surface area contributed by atoms with Crippen molar-refractivity contribution in [3.05, 3.63) is 64.7 Å². The summed E-state index contributed by atoms with van der Waals surface area (Å²) in [6, 6.07) is 10.9. The maximum atomic E-state index is 12.2. The molecule has 0 amide bonds. The van der Waals surface area contributed by atoms with Crippen molar-refractivity contribution in [3.63, 3.8) is 0 Å². The third-order valence-electron chi connectivity index (χ3n) is 5.66. The molecule has 0 radical (unpaired) electrons. The van der Waals surface area contributed by atoms with E-state index < -0.39 is 0 Å². The van der Waals surface area contributed by atoms with Crippen LogP contribution in [0.4, 0.5) is 0 Å². The first kappa shape index (κ1) is 17.0. The van der Waals surface area contributed by atoms with Crippen LogP contribution < -0.4 is 0 Å². The largest absolute Gasteiger partial charge is 0.294 e. The minimum Gasteiger partial charge on any atom is -0.294 e. The Balaban J connectivity index is 1.89. The van der Waals surface area contributed by atoms with E-state index >= 15 is 0 Å². The summed E-state index contributed by atoms with van der Waals surface area (Å²) in [4.78, 5) is 16.7. The molecule has 0 spiro atoms. The molecule has 0 saturated carbocycles. The molecule has 2 nitrogen and oxygen atoms in total. The molecule has 1 atom stereocenters. The quantitative estimate of drug-likeness (QED) is 0.596. The molecular weight excluding hydrogens is 318 g/mol. The summed E-state index contributed by atoms with van der Waals surface area (Å²) in [5.41, 5.74) is 9.46. The van der Waals surface area contributed by atoms with E-state index in [2.05, 4.69) is 55.8 Å². The number of fused-ring (bicyclic) bond motifs is 5. The molecule has 2 aliphatic rings. The number of ketones is 1. The van der Waals surface area contributed by atoms with Gasteiger partial charge in [-0.25, -0.2) is 0 Å². The molecule has 2 aromatic carbocycles. The highest BCUT2D eigenvalue weighted by Crippen LogP contribution is 2.51. The second kappa shape index (κ2) is 6.68. The molecule has 132 valence electrons. The first-order valence-corrected chi connectivity index (χ1v) is 9.70. The van der Waals surface area contributed by atoms with Crippen molar-refractivity contribution in [2.24, 2.45) is 4.99 Å². The molecule has 2 aromatic rings. The molecule has 0 aromatic heterocycles. The number of aliphatic imine (C=N–C) groups is 1. The van der Waals surface area contributed by atoms with Crippen LogP contribution >= 0.6 is 0 Å². The van der Waals surface area contributed by atoms with Gasteiger partial charge in [0.25, 0.3) is 0 Å². The number of carbonyl (C=O) groups is 1. The molecule has 0 bridgehead atoms. The van der Waals surface area contributed by atoms with Gasteiger partial charge < -0.3 is 0 Å². The Kier molecular flexibility index (Phi) is 4.36. The lowest BCUT2D eigenvalue weighted by atomic mass is 9.91. The van der Waals surface area contributed by atoms with Gasteiger partial charge in [-0.1, -0.05) is 51.1 Å². The second-order valence-corrected chi connectivity index (χ2v) is 7.29. The summed E-state index contributed by atoms with van der Waals surface area (Å²) in [5, 5.41) is 0. The normalized spacial score (nSPS) is 17.5. The average molecular weight is 343 g/mol. The van der Waals surface area contributed by atoms with Crippen molar-refractivity contribution in [1.82, 2.24) is 0 Å². The molecule has 1 unspecified atom stereocenters. The predicted octanol–water partition coefficient (Wildman–Crippen LogP) is 6.18. The molecule has 26 heavy (non-hydrogen) atoms. The average Bonchev–Trinajstić information content (AvgIpc) is 3.18. The van der Waals surface area contributed by atoms with Crippen LogP contribution in [0, 0.1) is 0 Å². The highest BCUT2D eigenvalue weighted by atomic mass is 16.1. The fraction of sp³-hybridized carbons (Fsp3) is 0.333. The fourth-order valence-corrected chi connectivity index (χ4v) is 4.47. The molecule has 2 heteroatoms. The van der Waals surface area contributed by atoms with Gasteiger partial charge in [0.15, 0.2) is 5.78 Å². The first-order valence-electron chi connectivity index (χ1n) is 9.70. The third kappa shape index (κ3) is 2.56. The molecule has 0 heterocycles. The van der Waals surface area contributed by atoms with E-state index in [1.54, 1.807) is 0 Å². The molecule has 0 saturated heterocycles. The number of hydrogen-bond donors (Lipinski definition) is 0. The maximum Gasteiger partial charge on any atom is 0.163 e. The Bertz CT molecular complexity index is 935. The lowest BCUT2D eigenvalue weighted by Gasteiger charge is -2.13. The molecule has 0 fully saturated rings. The summed E-state index contributed by atoms with van der Waals surface area (Å²) in [6.07, 6.45) is 6.61. The first-order chi connectivity index (χ1) is 12.7. The van der Waals surface area contributed by atoms with Crippen molar-refractivity contribution < 1.29 is 4.79 Å². The molecule has 0 aliphatic heterocycles. The van der Waals surface area contributed by atoms with Crippen LogP contribution in [0.3, 0.4) is 0 Å². The van der Waals surface area contributed by atoms with Crippen LogP contribution in [0.15, 0.2) is 41.9 Å². The van der Waals surface area contributed by atoms with Gasteiger partial charge >= 0.3 is 0 Å². The van der Waals surface area contributed by atoms with E-state index in [-0.39, 0.29) is 5.78 Å². The maximum absolute atomic E-state index is 12.2. The van der Waals surface area contributed by atoms with Crippen molar-refractivity contribution in [2.75, 3.05) is 0 Å². The van der Waals surface area contributed by atoms with Gasteiger partial charge in [-0.15, -0.1) is 0 Å². The van der Waals surface area contributed by atoms with Crippen molar-refractivity contribution in [2.45, 2.75) is 51.9 Å². The number of rotatable bonds is 5. The van der Waals surface area contributed by atoms with Gasteiger partial charge in [-0.05, 0) is 53.1 Å². The molecule has 2 aliphatic carbocycles. The van der Waals surface area contributed by atoms with Crippen LogP contribution in [-0.4, -0.2) is 12.0 Å². The zero-order valence-electron chi connectivity index (χ0n) is 15.6. The molecular formula is C24H25NO. The number of nitrogens with zero attached hydrogens (tertiary/aromatic N) is 1. The SMILES string of the molecule is C=C(N=CCC)c1ccc2c(c1)-c1c(ccc3c1CCC3=O)C2CCC. The summed E-state index contributed by atoms with van der Waals surface area (Å²) < 4.78 is 0. The van der Waals surface area contributed by atoms with Crippen molar-refractivity contribution >= 4 is 17.7 Å². The lowest BCUT2D eigenvalue weighted by Crippen LogP contribution is -1.98. The Morgan fingerprint density at radius 2 is 1.96 bits per heavy atom. The zero-order chi connectivity index (χ0) is 18.3. The Morgan fingerprint density at radius 3 is 2.73 bits per heavy atom. The van der Waals surface area contributed by atoms with Gasteiger partial charge in [0, 0.05) is 29.7 Å². The van der Waals surface area contributed by atoms with Crippen LogP contribution in [0.5, 0.6) is 0 Å². The number of carbonyl (C=O) groups excluding carboxylic acids is 1. The van der Waals surface area contributed by atoms with E-state index in [0.717, 1.165) is 42.5 Å². The van der Waals surface area contributed by atoms with Gasteiger partial charge in [-0.2, -0.15) is 0 Å². The number of benzene rings is 2. The Morgan fingerprint density at radius 1 is 1.15 bits per heavy atom. The van der Waals surface area contributed by atoms with Crippen LogP contribution in [-0.2, 0) is 6.42 Å².